The van der Waals surface area contributed by atoms with Crippen LogP contribution in [0.1, 0.15) is 22.3 Å². The average molecular weight is 306 g/mol. The largest absolute Gasteiger partial charge is 0.488 e. The van der Waals surface area contributed by atoms with Gasteiger partial charge in [0.2, 0.25) is 0 Å². The first kappa shape index (κ1) is 15.3. The van der Waals surface area contributed by atoms with Crippen LogP contribution >= 0.6 is 11.6 Å². The van der Waals surface area contributed by atoms with Crippen LogP contribution in [0.15, 0.2) is 30.3 Å². The number of ether oxygens (including phenoxy) is 1. The molecule has 0 fully saturated rings. The van der Waals surface area contributed by atoms with Gasteiger partial charge >= 0.3 is 0 Å². The maximum atomic E-state index is 11.0. The number of rotatable bonds is 4. The van der Waals surface area contributed by atoms with E-state index in [0.29, 0.717) is 16.3 Å². The van der Waals surface area contributed by atoms with Gasteiger partial charge in [-0.15, -0.1) is 0 Å². The van der Waals surface area contributed by atoms with Gasteiger partial charge in [0.05, 0.1) is 15.5 Å². The molecule has 2 rings (SSSR count). The van der Waals surface area contributed by atoms with Gasteiger partial charge in [-0.05, 0) is 49.6 Å². The minimum Gasteiger partial charge on any atom is -0.488 e. The number of nitrogens with zero attached hydrogens (tertiary/aromatic N) is 1. The van der Waals surface area contributed by atoms with Gasteiger partial charge in [0.1, 0.15) is 12.4 Å². The van der Waals surface area contributed by atoms with Gasteiger partial charge < -0.3 is 4.74 Å². The minimum atomic E-state index is -0.447. The standard InChI is InChI=1S/C16H16ClNO3/c1-10-7-12(3)16(8-11(10)2)21-9-13-14(17)5-4-6-15(13)18(19)20/h4-8H,9H2,1-3H3. The summed E-state index contributed by atoms with van der Waals surface area (Å²) in [6, 6.07) is 8.59. The smallest absolute Gasteiger partial charge is 0.277 e. The molecule has 0 aromatic heterocycles. The fourth-order valence-electron chi connectivity index (χ4n) is 2.10. The highest BCUT2D eigenvalue weighted by Crippen LogP contribution is 2.29. The lowest BCUT2D eigenvalue weighted by Crippen LogP contribution is -2.03. The van der Waals surface area contributed by atoms with Crippen molar-refractivity contribution in [2.24, 2.45) is 0 Å². The zero-order valence-corrected chi connectivity index (χ0v) is 12.9. The number of aryl methyl sites for hydroxylation is 3. The molecule has 5 heteroatoms. The first-order valence-electron chi connectivity index (χ1n) is 6.52. The van der Waals surface area contributed by atoms with Crippen molar-refractivity contribution in [3.8, 4) is 5.75 Å². The number of benzene rings is 2. The third-order valence-electron chi connectivity index (χ3n) is 3.45. The third-order valence-corrected chi connectivity index (χ3v) is 3.81. The van der Waals surface area contributed by atoms with Crippen LogP contribution in [0, 0.1) is 30.9 Å². The minimum absolute atomic E-state index is 0.0241. The highest BCUT2D eigenvalue weighted by atomic mass is 35.5. The summed E-state index contributed by atoms with van der Waals surface area (Å²) >= 11 is 6.05. The van der Waals surface area contributed by atoms with E-state index < -0.39 is 4.92 Å². The first-order chi connectivity index (χ1) is 9.90. The van der Waals surface area contributed by atoms with Crippen molar-refractivity contribution in [2.75, 3.05) is 0 Å². The maximum absolute atomic E-state index is 11.0. The number of hydrogen-bond acceptors (Lipinski definition) is 3. The SMILES string of the molecule is Cc1cc(C)c(OCc2c(Cl)cccc2[N+](=O)[O-])cc1C. The molecular weight excluding hydrogens is 290 g/mol. The monoisotopic (exact) mass is 305 g/mol. The molecular formula is C16H16ClNO3. The van der Waals surface area contributed by atoms with Crippen LogP contribution in [0.3, 0.4) is 0 Å². The van der Waals surface area contributed by atoms with E-state index in [2.05, 4.69) is 0 Å². The maximum Gasteiger partial charge on any atom is 0.277 e. The van der Waals surface area contributed by atoms with Crippen LogP contribution in [-0.2, 0) is 6.61 Å². The fraction of sp³-hybridized carbons (Fsp3) is 0.250. The van der Waals surface area contributed by atoms with Crippen molar-refractivity contribution in [3.63, 3.8) is 0 Å². The van der Waals surface area contributed by atoms with Gasteiger partial charge in [-0.25, -0.2) is 0 Å². The quantitative estimate of drug-likeness (QED) is 0.605. The summed E-state index contributed by atoms with van der Waals surface area (Å²) in [6.45, 7) is 6.05. The molecule has 110 valence electrons. The molecule has 0 aliphatic heterocycles. The normalized spacial score (nSPS) is 10.5. The first-order valence-corrected chi connectivity index (χ1v) is 6.90. The van der Waals surface area contributed by atoms with Crippen LogP contribution in [0.5, 0.6) is 5.75 Å². The fourth-order valence-corrected chi connectivity index (χ4v) is 2.32. The third kappa shape index (κ3) is 3.34. The second kappa shape index (κ2) is 6.14. The van der Waals surface area contributed by atoms with Crippen LogP contribution in [0.4, 0.5) is 5.69 Å². The van der Waals surface area contributed by atoms with Crippen molar-refractivity contribution in [3.05, 3.63) is 67.7 Å². The molecule has 21 heavy (non-hydrogen) atoms. The Morgan fingerprint density at radius 1 is 1.14 bits per heavy atom. The summed E-state index contributed by atoms with van der Waals surface area (Å²) < 4.78 is 5.74. The Bertz CT molecular complexity index is 698. The topological polar surface area (TPSA) is 52.4 Å². The van der Waals surface area contributed by atoms with Crippen LogP contribution in [0.25, 0.3) is 0 Å². The summed E-state index contributed by atoms with van der Waals surface area (Å²) in [5, 5.41) is 11.4. The summed E-state index contributed by atoms with van der Waals surface area (Å²) in [6.07, 6.45) is 0. The van der Waals surface area contributed by atoms with Crippen LogP contribution in [0.2, 0.25) is 5.02 Å². The molecule has 2 aromatic rings. The van der Waals surface area contributed by atoms with Crippen molar-refractivity contribution in [2.45, 2.75) is 27.4 Å². The molecule has 0 aliphatic carbocycles. The van der Waals surface area contributed by atoms with Gasteiger partial charge in [0.25, 0.3) is 5.69 Å². The summed E-state index contributed by atoms with van der Waals surface area (Å²) in [4.78, 5) is 10.6. The van der Waals surface area contributed by atoms with Crippen molar-refractivity contribution in [1.29, 1.82) is 0 Å². The molecule has 0 aliphatic rings. The Balaban J connectivity index is 2.29. The highest BCUT2D eigenvalue weighted by molar-refractivity contribution is 6.31. The molecule has 0 N–H and O–H groups in total. The molecule has 2 aromatic carbocycles. The second-order valence-corrected chi connectivity index (χ2v) is 5.39. The number of halogens is 1. The second-order valence-electron chi connectivity index (χ2n) is 4.99. The summed E-state index contributed by atoms with van der Waals surface area (Å²) in [5.41, 5.74) is 3.66. The van der Waals surface area contributed by atoms with E-state index in [1.165, 1.54) is 11.6 Å². The lowest BCUT2D eigenvalue weighted by molar-refractivity contribution is -0.385. The van der Waals surface area contributed by atoms with Gasteiger partial charge in [0.15, 0.2) is 0 Å². The van der Waals surface area contributed by atoms with Crippen LogP contribution < -0.4 is 4.74 Å². The highest BCUT2D eigenvalue weighted by Gasteiger charge is 2.17. The zero-order chi connectivity index (χ0) is 15.6. The van der Waals surface area contributed by atoms with Gasteiger partial charge in [0, 0.05) is 6.07 Å². The molecule has 0 saturated carbocycles. The molecule has 0 bridgehead atoms. The van der Waals surface area contributed by atoms with Crippen LogP contribution in [-0.4, -0.2) is 4.92 Å². The zero-order valence-electron chi connectivity index (χ0n) is 12.1. The predicted molar refractivity (Wildman–Crippen MR) is 83.1 cm³/mol. The van der Waals surface area contributed by atoms with Crippen molar-refractivity contribution < 1.29 is 9.66 Å². The molecule has 4 nitrogen and oxygen atoms in total. The van der Waals surface area contributed by atoms with E-state index in [0.717, 1.165) is 11.1 Å². The van der Waals surface area contributed by atoms with E-state index in [1.807, 2.05) is 32.9 Å². The Labute approximate surface area is 128 Å². The predicted octanol–water partition coefficient (Wildman–Crippen LogP) is 4.75. The Kier molecular flexibility index (Phi) is 4.48. The van der Waals surface area contributed by atoms with E-state index >= 15 is 0 Å². The molecule has 0 saturated heterocycles. The molecule has 0 heterocycles. The number of hydrogen-bond donors (Lipinski definition) is 0. The van der Waals surface area contributed by atoms with E-state index in [1.54, 1.807) is 12.1 Å². The van der Waals surface area contributed by atoms with E-state index in [-0.39, 0.29) is 12.3 Å². The average Bonchev–Trinajstić information content (AvgIpc) is 2.42. The molecule has 0 spiro atoms. The summed E-state index contributed by atoms with van der Waals surface area (Å²) in [5.74, 6) is 0.715. The lowest BCUT2D eigenvalue weighted by Gasteiger charge is -2.12. The lowest BCUT2D eigenvalue weighted by atomic mass is 10.1. The van der Waals surface area contributed by atoms with E-state index in [9.17, 15) is 10.1 Å². The molecule has 0 radical (unpaired) electrons. The Hall–Kier alpha value is -2.07. The molecule has 0 amide bonds. The summed E-state index contributed by atoms with van der Waals surface area (Å²) in [7, 11) is 0. The Morgan fingerprint density at radius 3 is 2.48 bits per heavy atom. The van der Waals surface area contributed by atoms with Crippen molar-refractivity contribution in [1.82, 2.24) is 0 Å². The number of nitro groups is 1. The van der Waals surface area contributed by atoms with Gasteiger partial charge in [-0.3, -0.25) is 10.1 Å². The van der Waals surface area contributed by atoms with Crippen molar-refractivity contribution >= 4 is 17.3 Å². The Morgan fingerprint density at radius 2 is 1.81 bits per heavy atom. The van der Waals surface area contributed by atoms with E-state index in [4.69, 9.17) is 16.3 Å². The molecule has 0 unspecified atom stereocenters. The molecule has 0 atom stereocenters. The number of nitro benzene ring substituents is 1. The van der Waals surface area contributed by atoms with Gasteiger partial charge in [-0.1, -0.05) is 23.7 Å². The van der Waals surface area contributed by atoms with Gasteiger partial charge in [-0.2, -0.15) is 0 Å².